The second kappa shape index (κ2) is 8.60. The summed E-state index contributed by atoms with van der Waals surface area (Å²) in [7, 11) is -8.18. The number of hydrogen-bond donors (Lipinski definition) is 2. The maximum absolute atomic E-state index is 13.7. The number of rotatable bonds is 6. The standard InChI is InChI=1S/C20H21FN4O7S2/c1-33(29,30)17-11-13(21)4-5-16(17)34(31,32)23-9-6-14(7-10-23)25-19-15(3-2-8-22-19)24(20(25)28)12-18(26)27/h2-5,8,11,14H,6-7,9-10,12H2,1H3,(H,26,27)/p+1. The zero-order valence-electron chi connectivity index (χ0n) is 18.0. The highest BCUT2D eigenvalue weighted by atomic mass is 32.2. The fourth-order valence-corrected chi connectivity index (χ4v) is 7.52. The Hall–Kier alpha value is -3.10. The molecular formula is C20H22FN4O7S2+. The van der Waals surface area contributed by atoms with Gasteiger partial charge in [0.05, 0.1) is 29.5 Å². The first-order chi connectivity index (χ1) is 15.9. The van der Waals surface area contributed by atoms with Gasteiger partial charge in [0.1, 0.15) is 17.3 Å². The molecule has 1 aromatic carbocycles. The van der Waals surface area contributed by atoms with Crippen molar-refractivity contribution in [1.29, 1.82) is 0 Å². The summed E-state index contributed by atoms with van der Waals surface area (Å²) in [4.78, 5) is 27.4. The topological polar surface area (TPSA) is 150 Å². The van der Waals surface area contributed by atoms with Gasteiger partial charge in [0.25, 0.3) is 0 Å². The number of quaternary nitrogens is 1. The number of aliphatic carboxylic acids is 1. The van der Waals surface area contributed by atoms with Crippen molar-refractivity contribution < 1.29 is 35.4 Å². The maximum atomic E-state index is 13.7. The van der Waals surface area contributed by atoms with Crippen LogP contribution in [-0.4, -0.2) is 61.4 Å². The Labute approximate surface area is 194 Å². The Morgan fingerprint density at radius 3 is 2.47 bits per heavy atom. The fourth-order valence-electron chi connectivity index (χ4n) is 4.33. The quantitative estimate of drug-likeness (QED) is 0.445. The van der Waals surface area contributed by atoms with Gasteiger partial charge in [-0.1, -0.05) is 0 Å². The van der Waals surface area contributed by atoms with Crippen LogP contribution >= 0.6 is 0 Å². The largest absolute Gasteiger partial charge is 0.480 e. The molecule has 0 spiro atoms. The van der Waals surface area contributed by atoms with E-state index in [1.165, 1.54) is 10.8 Å². The Bertz CT molecular complexity index is 1550. The van der Waals surface area contributed by atoms with Gasteiger partial charge in [0.15, 0.2) is 15.5 Å². The zero-order valence-corrected chi connectivity index (χ0v) is 19.6. The van der Waals surface area contributed by atoms with Crippen LogP contribution in [0.5, 0.6) is 0 Å². The van der Waals surface area contributed by atoms with Gasteiger partial charge in [-0.2, -0.15) is 8.42 Å². The third-order valence-electron chi connectivity index (χ3n) is 5.87. The van der Waals surface area contributed by atoms with Gasteiger partial charge in [-0.05, 0) is 30.3 Å². The van der Waals surface area contributed by atoms with Gasteiger partial charge in [-0.3, -0.25) is 13.9 Å². The number of nitrogens with zero attached hydrogens (tertiary/aromatic N) is 3. The number of benzene rings is 1. The summed E-state index contributed by atoms with van der Waals surface area (Å²) in [6.07, 6.45) is 2.78. The van der Waals surface area contributed by atoms with Crippen molar-refractivity contribution in [1.82, 2.24) is 14.1 Å². The van der Waals surface area contributed by atoms with Gasteiger partial charge in [-0.25, -0.2) is 26.9 Å². The van der Waals surface area contributed by atoms with Crippen LogP contribution in [0.3, 0.4) is 0 Å². The van der Waals surface area contributed by atoms with Gasteiger partial charge in [0.2, 0.25) is 0 Å². The molecule has 34 heavy (non-hydrogen) atoms. The van der Waals surface area contributed by atoms with Crippen molar-refractivity contribution in [2.75, 3.05) is 19.3 Å². The minimum atomic E-state index is -4.18. The van der Waals surface area contributed by atoms with Crippen molar-refractivity contribution >= 4 is 37.0 Å². The molecule has 3 aromatic rings. The lowest BCUT2D eigenvalue weighted by Gasteiger charge is -2.29. The second-order valence-corrected chi connectivity index (χ2v) is 12.1. The van der Waals surface area contributed by atoms with Crippen LogP contribution in [0.15, 0.2) is 51.1 Å². The SMILES string of the molecule is CS(=O)(=O)c1cc(F)ccc1S(=O)(=O)[NH+]1CCC(n2c(=O)n(CC(=O)O)c3cccnc32)CC1. The predicted octanol–water partition coefficient (Wildman–Crippen LogP) is -0.566. The second-order valence-electron chi connectivity index (χ2n) is 8.12. The molecule has 2 N–H and O–H groups in total. The van der Waals surface area contributed by atoms with Crippen LogP contribution in [0.2, 0.25) is 0 Å². The molecule has 2 aromatic heterocycles. The number of hydrogen-bond acceptors (Lipinski definition) is 7. The maximum Gasteiger partial charge on any atom is 0.331 e. The van der Waals surface area contributed by atoms with E-state index >= 15 is 0 Å². The minimum absolute atomic E-state index is 0.0540. The third-order valence-corrected chi connectivity index (χ3v) is 9.24. The molecule has 4 rings (SSSR count). The molecule has 0 amide bonds. The number of nitrogens with one attached hydrogen (secondary N) is 1. The molecular weight excluding hydrogens is 491 g/mol. The lowest BCUT2D eigenvalue weighted by molar-refractivity contribution is -0.775. The van der Waals surface area contributed by atoms with E-state index < -0.39 is 59.7 Å². The summed E-state index contributed by atoms with van der Waals surface area (Å²) in [6, 6.07) is 5.30. The van der Waals surface area contributed by atoms with Crippen molar-refractivity contribution in [3.8, 4) is 0 Å². The van der Waals surface area contributed by atoms with Crippen LogP contribution in [0.1, 0.15) is 18.9 Å². The number of carbonyl (C=O) groups is 1. The lowest BCUT2D eigenvalue weighted by atomic mass is 10.1. The molecule has 14 heteroatoms. The molecule has 182 valence electrons. The van der Waals surface area contributed by atoms with Crippen LogP contribution in [-0.2, 0) is 31.2 Å². The minimum Gasteiger partial charge on any atom is -0.480 e. The summed E-state index contributed by atoms with van der Waals surface area (Å²) < 4.78 is 66.9. The van der Waals surface area contributed by atoms with Crippen molar-refractivity contribution in [3.05, 3.63) is 52.8 Å². The molecule has 0 radical (unpaired) electrons. The number of aromatic nitrogens is 3. The monoisotopic (exact) mass is 513 g/mol. The van der Waals surface area contributed by atoms with E-state index in [0.29, 0.717) is 17.2 Å². The molecule has 11 nitrogen and oxygen atoms in total. The molecule has 1 aliphatic rings. The number of carboxylic acids is 1. The summed E-state index contributed by atoms with van der Waals surface area (Å²) in [5.41, 5.74) is 0.120. The number of halogens is 1. The number of sulfone groups is 1. The predicted molar refractivity (Wildman–Crippen MR) is 117 cm³/mol. The highest BCUT2D eigenvalue weighted by Gasteiger charge is 2.38. The Morgan fingerprint density at radius 2 is 1.85 bits per heavy atom. The van der Waals surface area contributed by atoms with Crippen LogP contribution in [0.25, 0.3) is 11.2 Å². The molecule has 1 aliphatic heterocycles. The van der Waals surface area contributed by atoms with Gasteiger partial charge in [-0.15, -0.1) is 0 Å². The smallest absolute Gasteiger partial charge is 0.331 e. The Kier molecular flexibility index (Phi) is 6.08. The Balaban J connectivity index is 1.66. The van der Waals surface area contributed by atoms with Crippen molar-refractivity contribution in [3.63, 3.8) is 0 Å². The molecule has 0 saturated carbocycles. The summed E-state index contributed by atoms with van der Waals surface area (Å²) >= 11 is 0. The molecule has 0 unspecified atom stereocenters. The average Bonchev–Trinajstić information content (AvgIpc) is 3.04. The van der Waals surface area contributed by atoms with Gasteiger partial charge in [0, 0.05) is 25.3 Å². The third kappa shape index (κ3) is 4.23. The zero-order chi connectivity index (χ0) is 24.8. The van der Waals surface area contributed by atoms with E-state index in [1.54, 1.807) is 12.1 Å². The molecule has 1 saturated heterocycles. The molecule has 3 heterocycles. The normalized spacial score (nSPS) is 19.4. The molecule has 0 bridgehead atoms. The number of carboxylic acid groups (broad SMARTS) is 1. The van der Waals surface area contributed by atoms with Gasteiger partial charge < -0.3 is 5.11 Å². The van der Waals surface area contributed by atoms with Crippen molar-refractivity contribution in [2.45, 2.75) is 35.2 Å². The molecule has 1 fully saturated rings. The summed E-state index contributed by atoms with van der Waals surface area (Å²) in [5, 5.41) is 9.17. The van der Waals surface area contributed by atoms with Crippen molar-refractivity contribution in [2.24, 2.45) is 0 Å². The van der Waals surface area contributed by atoms with E-state index in [-0.39, 0.29) is 30.2 Å². The molecule has 0 atom stereocenters. The Morgan fingerprint density at radius 1 is 1.18 bits per heavy atom. The first-order valence-corrected chi connectivity index (χ1v) is 13.7. The fraction of sp³-hybridized carbons (Fsp3) is 0.350. The lowest BCUT2D eigenvalue weighted by Crippen LogP contribution is -3.14. The number of sulfonamides is 1. The number of fused-ring (bicyclic) bond motifs is 1. The van der Waals surface area contributed by atoms with Crippen LogP contribution in [0, 0.1) is 5.82 Å². The average molecular weight is 514 g/mol. The first kappa shape index (κ1) is 24.0. The van der Waals surface area contributed by atoms with Crippen LogP contribution in [0.4, 0.5) is 4.39 Å². The summed E-state index contributed by atoms with van der Waals surface area (Å²) in [5.74, 6) is -2.05. The van der Waals surface area contributed by atoms with E-state index in [9.17, 15) is 35.9 Å². The number of piperidine rings is 1. The highest BCUT2D eigenvalue weighted by molar-refractivity contribution is 7.92. The highest BCUT2D eigenvalue weighted by Crippen LogP contribution is 2.24. The first-order valence-electron chi connectivity index (χ1n) is 10.3. The van der Waals surface area contributed by atoms with E-state index in [1.807, 2.05) is 0 Å². The van der Waals surface area contributed by atoms with Gasteiger partial charge >= 0.3 is 21.7 Å². The van der Waals surface area contributed by atoms with Crippen LogP contribution < -0.4 is 9.99 Å². The summed E-state index contributed by atoms with van der Waals surface area (Å²) in [6.45, 7) is -0.428. The van der Waals surface area contributed by atoms with E-state index in [2.05, 4.69) is 4.98 Å². The number of pyridine rings is 1. The van der Waals surface area contributed by atoms with E-state index in [4.69, 9.17) is 0 Å². The number of imidazole rings is 1. The van der Waals surface area contributed by atoms with E-state index in [0.717, 1.165) is 23.0 Å². The molecule has 0 aliphatic carbocycles.